The summed E-state index contributed by atoms with van der Waals surface area (Å²) in [7, 11) is 0. The summed E-state index contributed by atoms with van der Waals surface area (Å²) >= 11 is 1.06. The maximum absolute atomic E-state index is 13.9. The lowest BCUT2D eigenvalue weighted by Gasteiger charge is -2.36. The Kier molecular flexibility index (Phi) is 5.84. The highest BCUT2D eigenvalue weighted by Gasteiger charge is 2.37. The van der Waals surface area contributed by atoms with Gasteiger partial charge < -0.3 is 9.83 Å². The van der Waals surface area contributed by atoms with Crippen molar-refractivity contribution in [3.8, 4) is 0 Å². The summed E-state index contributed by atoms with van der Waals surface area (Å²) in [4.78, 5) is 10.5. The second-order valence-corrected chi connectivity index (χ2v) is 8.83. The normalized spacial score (nSPS) is 14.8. The molecule has 1 aromatic heterocycles. The summed E-state index contributed by atoms with van der Waals surface area (Å²) in [5.74, 6) is -0.855. The average molecular weight is 410 g/mol. The van der Waals surface area contributed by atoms with Gasteiger partial charge in [-0.25, -0.2) is 8.78 Å². The van der Waals surface area contributed by atoms with Crippen molar-refractivity contribution in [2.24, 2.45) is 0 Å². The molecule has 0 bridgehead atoms. The van der Waals surface area contributed by atoms with Crippen LogP contribution in [0.25, 0.3) is 0 Å². The largest absolute Gasteiger partial charge is 0.387 e. The van der Waals surface area contributed by atoms with Gasteiger partial charge in [-0.3, -0.25) is 15.3 Å². The molecule has 3 N–H and O–H groups in total. The Balaban J connectivity index is 1.74. The molecule has 1 saturated carbocycles. The second-order valence-electron chi connectivity index (χ2n) is 7.98. The standard InChI is InChI=1S/C20H25F2N3O2S/c1-19(2,26)20(3,4)27-24-14-10-16(18(23-11-14)12-5-6-12)25-28-17-8-7-13(21)9-15(17)22/h7-12,24-26H,5-6H2,1-4H3. The number of pyridine rings is 1. The van der Waals surface area contributed by atoms with Crippen LogP contribution in [0.15, 0.2) is 35.4 Å². The quantitative estimate of drug-likeness (QED) is 0.409. The molecule has 8 heteroatoms. The molecule has 3 rings (SSSR count). The van der Waals surface area contributed by atoms with Crippen molar-refractivity contribution in [3.63, 3.8) is 0 Å². The van der Waals surface area contributed by atoms with E-state index < -0.39 is 22.8 Å². The lowest BCUT2D eigenvalue weighted by Crippen LogP contribution is -2.48. The second kappa shape index (κ2) is 7.85. The Morgan fingerprint density at radius 1 is 1.18 bits per heavy atom. The molecule has 0 radical (unpaired) electrons. The van der Waals surface area contributed by atoms with Crippen LogP contribution in [0.3, 0.4) is 0 Å². The smallest absolute Gasteiger partial charge is 0.141 e. The predicted octanol–water partition coefficient (Wildman–Crippen LogP) is 5.25. The number of nitrogens with one attached hydrogen (secondary N) is 2. The monoisotopic (exact) mass is 409 g/mol. The van der Waals surface area contributed by atoms with E-state index in [2.05, 4.69) is 15.2 Å². The highest BCUT2D eigenvalue weighted by Crippen LogP contribution is 2.43. The molecule has 152 valence electrons. The topological polar surface area (TPSA) is 66.4 Å². The highest BCUT2D eigenvalue weighted by atomic mass is 32.2. The lowest BCUT2D eigenvalue weighted by atomic mass is 9.90. The van der Waals surface area contributed by atoms with Crippen LogP contribution in [0.2, 0.25) is 0 Å². The first-order valence-electron chi connectivity index (χ1n) is 9.11. The molecule has 0 unspecified atom stereocenters. The number of aromatic nitrogens is 1. The third-order valence-corrected chi connectivity index (χ3v) is 5.82. The number of nitrogens with zero attached hydrogens (tertiary/aromatic N) is 1. The van der Waals surface area contributed by atoms with Crippen molar-refractivity contribution in [2.45, 2.75) is 62.6 Å². The number of benzene rings is 1. The maximum atomic E-state index is 13.9. The molecule has 0 saturated heterocycles. The molecule has 2 aromatic rings. The Morgan fingerprint density at radius 3 is 2.50 bits per heavy atom. The van der Waals surface area contributed by atoms with Crippen LogP contribution < -0.4 is 10.2 Å². The van der Waals surface area contributed by atoms with Crippen LogP contribution in [0, 0.1) is 11.6 Å². The average Bonchev–Trinajstić information content (AvgIpc) is 3.43. The van der Waals surface area contributed by atoms with Gasteiger partial charge in [-0.05, 0) is 70.7 Å². The van der Waals surface area contributed by atoms with Crippen molar-refractivity contribution < 1.29 is 18.7 Å². The van der Waals surface area contributed by atoms with Gasteiger partial charge in [0.15, 0.2) is 0 Å². The fourth-order valence-corrected chi connectivity index (χ4v) is 2.95. The molecule has 1 aliphatic carbocycles. The van der Waals surface area contributed by atoms with Gasteiger partial charge in [-0.1, -0.05) is 0 Å². The van der Waals surface area contributed by atoms with E-state index in [4.69, 9.17) is 4.84 Å². The summed E-state index contributed by atoms with van der Waals surface area (Å²) in [6, 6.07) is 5.30. The first-order valence-corrected chi connectivity index (χ1v) is 9.93. The van der Waals surface area contributed by atoms with E-state index in [-0.39, 0.29) is 0 Å². The van der Waals surface area contributed by atoms with E-state index in [0.29, 0.717) is 16.5 Å². The van der Waals surface area contributed by atoms with E-state index in [0.717, 1.165) is 42.2 Å². The number of hydrogen-bond acceptors (Lipinski definition) is 6. The zero-order valence-electron chi connectivity index (χ0n) is 16.3. The SMILES string of the molecule is CC(C)(O)C(C)(C)ONc1cnc(C2CC2)c(NSc2ccc(F)cc2F)c1. The van der Waals surface area contributed by atoms with Crippen molar-refractivity contribution in [1.82, 2.24) is 4.98 Å². The highest BCUT2D eigenvalue weighted by molar-refractivity contribution is 8.00. The fourth-order valence-electron chi connectivity index (χ4n) is 2.27. The van der Waals surface area contributed by atoms with E-state index in [1.807, 2.05) is 6.07 Å². The summed E-state index contributed by atoms with van der Waals surface area (Å²) < 4.78 is 30.1. The maximum Gasteiger partial charge on any atom is 0.141 e. The van der Waals surface area contributed by atoms with Crippen LogP contribution in [-0.2, 0) is 4.84 Å². The Morgan fingerprint density at radius 2 is 1.89 bits per heavy atom. The third kappa shape index (κ3) is 4.92. The van der Waals surface area contributed by atoms with E-state index in [9.17, 15) is 13.9 Å². The lowest BCUT2D eigenvalue weighted by molar-refractivity contribution is -0.130. The number of halogens is 2. The summed E-state index contributed by atoms with van der Waals surface area (Å²) in [6.07, 6.45) is 3.79. The molecule has 1 aromatic carbocycles. The minimum atomic E-state index is -1.06. The van der Waals surface area contributed by atoms with Gasteiger partial charge in [0.25, 0.3) is 0 Å². The number of aliphatic hydroxyl groups is 1. The van der Waals surface area contributed by atoms with Crippen LogP contribution in [0.5, 0.6) is 0 Å². The number of rotatable bonds is 8. The van der Waals surface area contributed by atoms with Gasteiger partial charge in [-0.15, -0.1) is 0 Å². The van der Waals surface area contributed by atoms with Crippen LogP contribution in [0.4, 0.5) is 20.2 Å². The zero-order chi connectivity index (χ0) is 20.5. The van der Waals surface area contributed by atoms with Gasteiger partial charge in [0.1, 0.15) is 17.2 Å². The molecule has 0 aliphatic heterocycles. The summed E-state index contributed by atoms with van der Waals surface area (Å²) in [5.41, 5.74) is 3.19. The van der Waals surface area contributed by atoms with E-state index >= 15 is 0 Å². The zero-order valence-corrected chi connectivity index (χ0v) is 17.2. The summed E-state index contributed by atoms with van der Waals surface area (Å²) in [5, 5.41) is 10.2. The van der Waals surface area contributed by atoms with Crippen LogP contribution >= 0.6 is 11.9 Å². The molecule has 28 heavy (non-hydrogen) atoms. The molecule has 5 nitrogen and oxygen atoms in total. The van der Waals surface area contributed by atoms with Crippen molar-refractivity contribution in [2.75, 3.05) is 10.2 Å². The first kappa shape index (κ1) is 20.8. The van der Waals surface area contributed by atoms with Gasteiger partial charge >= 0.3 is 0 Å². The van der Waals surface area contributed by atoms with Crippen molar-refractivity contribution >= 4 is 23.3 Å². The van der Waals surface area contributed by atoms with Gasteiger partial charge in [-0.2, -0.15) is 0 Å². The number of hydrogen-bond donors (Lipinski definition) is 3. The van der Waals surface area contributed by atoms with Gasteiger partial charge in [0.2, 0.25) is 0 Å². The Bertz CT molecular complexity index is 852. The molecule has 1 fully saturated rings. The Labute approximate surface area is 168 Å². The first-order chi connectivity index (χ1) is 13.1. The predicted molar refractivity (Wildman–Crippen MR) is 107 cm³/mol. The molecular formula is C20H25F2N3O2S. The number of anilines is 2. The fraction of sp³-hybridized carbons (Fsp3) is 0.450. The van der Waals surface area contributed by atoms with Gasteiger partial charge in [0, 0.05) is 12.0 Å². The molecular weight excluding hydrogens is 384 g/mol. The molecule has 0 amide bonds. The van der Waals surface area contributed by atoms with Crippen LogP contribution in [0.1, 0.15) is 52.1 Å². The van der Waals surface area contributed by atoms with Crippen molar-refractivity contribution in [1.29, 1.82) is 0 Å². The summed E-state index contributed by atoms with van der Waals surface area (Å²) in [6.45, 7) is 6.89. The van der Waals surface area contributed by atoms with E-state index in [1.165, 1.54) is 12.1 Å². The van der Waals surface area contributed by atoms with Gasteiger partial charge in [0.05, 0.1) is 33.8 Å². The molecule has 0 spiro atoms. The van der Waals surface area contributed by atoms with E-state index in [1.54, 1.807) is 33.9 Å². The molecule has 1 heterocycles. The van der Waals surface area contributed by atoms with Crippen molar-refractivity contribution in [3.05, 3.63) is 47.8 Å². The van der Waals surface area contributed by atoms with Crippen LogP contribution in [-0.4, -0.2) is 21.3 Å². The molecule has 0 atom stereocenters. The molecule has 1 aliphatic rings. The Hall–Kier alpha value is -1.90. The minimum absolute atomic E-state index is 0.293. The minimum Gasteiger partial charge on any atom is -0.387 e. The third-order valence-electron chi connectivity index (χ3n) is 4.94.